The fourth-order valence-electron chi connectivity index (χ4n) is 1.47. The van der Waals surface area contributed by atoms with Crippen LogP contribution in [0.3, 0.4) is 0 Å². The van der Waals surface area contributed by atoms with Crippen LogP contribution in [0, 0.1) is 0 Å². The van der Waals surface area contributed by atoms with E-state index in [1.165, 1.54) is 24.4 Å². The standard InChI is InChI=1S/C13H12ClN3O3/c1-17(2)13-15-6-5-11(16-13)20-10-7-8(14)3-4-9(10)12(18)19/h3-7H,1-2H3,(H,18,19). The number of halogens is 1. The number of aromatic nitrogens is 2. The van der Waals surface area contributed by atoms with Gasteiger partial charge < -0.3 is 14.7 Å². The van der Waals surface area contributed by atoms with Crippen LogP contribution in [0.4, 0.5) is 5.95 Å². The molecule has 104 valence electrons. The molecule has 20 heavy (non-hydrogen) atoms. The van der Waals surface area contributed by atoms with Crippen molar-refractivity contribution in [3.63, 3.8) is 0 Å². The summed E-state index contributed by atoms with van der Waals surface area (Å²) in [5.74, 6) is -0.262. The van der Waals surface area contributed by atoms with Crippen molar-refractivity contribution in [2.45, 2.75) is 0 Å². The van der Waals surface area contributed by atoms with E-state index in [-0.39, 0.29) is 17.2 Å². The first kappa shape index (κ1) is 14.1. The van der Waals surface area contributed by atoms with Crippen LogP contribution in [0.1, 0.15) is 10.4 Å². The monoisotopic (exact) mass is 293 g/mol. The lowest BCUT2D eigenvalue weighted by atomic mass is 10.2. The number of rotatable bonds is 4. The maximum Gasteiger partial charge on any atom is 0.339 e. The molecule has 0 aliphatic rings. The number of nitrogens with zero attached hydrogens (tertiary/aromatic N) is 3. The Bertz CT molecular complexity index is 647. The number of carboxylic acids is 1. The number of ether oxygens (including phenoxy) is 1. The number of carbonyl (C=O) groups is 1. The molecule has 0 saturated carbocycles. The fraction of sp³-hybridized carbons (Fsp3) is 0.154. The zero-order valence-electron chi connectivity index (χ0n) is 10.9. The van der Waals surface area contributed by atoms with Gasteiger partial charge in [0.05, 0.1) is 0 Å². The number of carboxylic acid groups (broad SMARTS) is 1. The predicted octanol–water partition coefficient (Wildman–Crippen LogP) is 2.69. The van der Waals surface area contributed by atoms with Gasteiger partial charge in [0.1, 0.15) is 11.3 Å². The highest BCUT2D eigenvalue weighted by Gasteiger charge is 2.13. The van der Waals surface area contributed by atoms with Gasteiger partial charge in [0.25, 0.3) is 0 Å². The van der Waals surface area contributed by atoms with Crippen LogP contribution < -0.4 is 9.64 Å². The second-order valence-corrected chi connectivity index (χ2v) is 4.57. The van der Waals surface area contributed by atoms with E-state index in [0.29, 0.717) is 11.0 Å². The van der Waals surface area contributed by atoms with Gasteiger partial charge in [-0.3, -0.25) is 0 Å². The van der Waals surface area contributed by atoms with E-state index in [9.17, 15) is 4.79 Å². The molecule has 0 aliphatic heterocycles. The van der Waals surface area contributed by atoms with Crippen LogP contribution in [0.25, 0.3) is 0 Å². The molecule has 0 unspecified atom stereocenters. The molecule has 0 amide bonds. The Balaban J connectivity index is 2.36. The van der Waals surface area contributed by atoms with Crippen LogP contribution in [0.5, 0.6) is 11.6 Å². The summed E-state index contributed by atoms with van der Waals surface area (Å²) in [6.45, 7) is 0. The van der Waals surface area contributed by atoms with Gasteiger partial charge in [-0.05, 0) is 12.1 Å². The third-order valence-corrected chi connectivity index (χ3v) is 2.64. The molecule has 1 N–H and O–H groups in total. The molecule has 0 fully saturated rings. The topological polar surface area (TPSA) is 75.6 Å². The average molecular weight is 294 g/mol. The summed E-state index contributed by atoms with van der Waals surface area (Å²) >= 11 is 5.86. The van der Waals surface area contributed by atoms with Gasteiger partial charge in [0.2, 0.25) is 11.8 Å². The average Bonchev–Trinajstić information content (AvgIpc) is 2.38. The van der Waals surface area contributed by atoms with Crippen molar-refractivity contribution in [1.29, 1.82) is 0 Å². The predicted molar refractivity (Wildman–Crippen MR) is 74.8 cm³/mol. The highest BCUT2D eigenvalue weighted by Crippen LogP contribution is 2.28. The Kier molecular flexibility index (Phi) is 4.05. The minimum Gasteiger partial charge on any atom is -0.478 e. The van der Waals surface area contributed by atoms with Crippen molar-refractivity contribution in [3.8, 4) is 11.6 Å². The Morgan fingerprint density at radius 3 is 2.75 bits per heavy atom. The Morgan fingerprint density at radius 2 is 2.10 bits per heavy atom. The normalized spacial score (nSPS) is 10.2. The van der Waals surface area contributed by atoms with Gasteiger partial charge in [0, 0.05) is 37.4 Å². The Hall–Kier alpha value is -2.34. The largest absolute Gasteiger partial charge is 0.478 e. The van der Waals surface area contributed by atoms with Gasteiger partial charge in [-0.15, -0.1) is 0 Å². The van der Waals surface area contributed by atoms with Crippen molar-refractivity contribution in [2.75, 3.05) is 19.0 Å². The molecule has 2 rings (SSSR count). The lowest BCUT2D eigenvalue weighted by Gasteiger charge is -2.12. The zero-order valence-corrected chi connectivity index (χ0v) is 11.6. The maximum atomic E-state index is 11.1. The van der Waals surface area contributed by atoms with Gasteiger partial charge in [-0.25, -0.2) is 9.78 Å². The molecule has 1 aromatic carbocycles. The fourth-order valence-corrected chi connectivity index (χ4v) is 1.64. The van der Waals surface area contributed by atoms with Crippen LogP contribution in [-0.4, -0.2) is 35.1 Å². The van der Waals surface area contributed by atoms with E-state index in [0.717, 1.165) is 0 Å². The lowest BCUT2D eigenvalue weighted by molar-refractivity contribution is 0.0694. The van der Waals surface area contributed by atoms with E-state index in [1.807, 2.05) is 0 Å². The second kappa shape index (κ2) is 5.75. The van der Waals surface area contributed by atoms with E-state index >= 15 is 0 Å². The molecular weight excluding hydrogens is 282 g/mol. The molecule has 6 nitrogen and oxygen atoms in total. The lowest BCUT2D eigenvalue weighted by Crippen LogP contribution is -2.12. The van der Waals surface area contributed by atoms with Gasteiger partial charge >= 0.3 is 5.97 Å². The molecule has 0 aliphatic carbocycles. The van der Waals surface area contributed by atoms with E-state index in [2.05, 4.69) is 9.97 Å². The molecule has 0 atom stereocenters. The van der Waals surface area contributed by atoms with Crippen molar-refractivity contribution in [2.24, 2.45) is 0 Å². The summed E-state index contributed by atoms with van der Waals surface area (Å²) in [5, 5.41) is 9.49. The highest BCUT2D eigenvalue weighted by atomic mass is 35.5. The van der Waals surface area contributed by atoms with Crippen molar-refractivity contribution in [3.05, 3.63) is 41.0 Å². The molecule has 7 heteroatoms. The first-order valence-electron chi connectivity index (χ1n) is 5.68. The minimum absolute atomic E-state index is 0.0133. The van der Waals surface area contributed by atoms with Crippen molar-refractivity contribution >= 4 is 23.5 Å². The SMILES string of the molecule is CN(C)c1nccc(Oc2cc(Cl)ccc2C(=O)O)n1. The van der Waals surface area contributed by atoms with E-state index in [1.54, 1.807) is 25.1 Å². The van der Waals surface area contributed by atoms with Crippen LogP contribution in [0.15, 0.2) is 30.5 Å². The quantitative estimate of drug-likeness (QED) is 0.934. The smallest absolute Gasteiger partial charge is 0.339 e. The molecular formula is C13H12ClN3O3. The van der Waals surface area contributed by atoms with E-state index < -0.39 is 5.97 Å². The summed E-state index contributed by atoms with van der Waals surface area (Å²) in [7, 11) is 3.59. The van der Waals surface area contributed by atoms with Gasteiger partial charge in [-0.2, -0.15) is 4.98 Å². The van der Waals surface area contributed by atoms with Crippen molar-refractivity contribution < 1.29 is 14.6 Å². The van der Waals surface area contributed by atoms with Crippen LogP contribution in [-0.2, 0) is 0 Å². The van der Waals surface area contributed by atoms with Gasteiger partial charge in [-0.1, -0.05) is 11.6 Å². The number of hydrogen-bond donors (Lipinski definition) is 1. The second-order valence-electron chi connectivity index (χ2n) is 4.14. The maximum absolute atomic E-state index is 11.1. The minimum atomic E-state index is -1.10. The molecule has 0 radical (unpaired) electrons. The molecule has 0 bridgehead atoms. The Morgan fingerprint density at radius 1 is 1.35 bits per heavy atom. The molecule has 0 saturated heterocycles. The third-order valence-electron chi connectivity index (χ3n) is 2.41. The van der Waals surface area contributed by atoms with Crippen LogP contribution >= 0.6 is 11.6 Å². The Labute approximate surface area is 120 Å². The summed E-state index contributed by atoms with van der Waals surface area (Å²) in [4.78, 5) is 21.0. The van der Waals surface area contributed by atoms with Crippen LogP contribution in [0.2, 0.25) is 5.02 Å². The molecule has 1 aromatic heterocycles. The number of hydrogen-bond acceptors (Lipinski definition) is 5. The first-order valence-corrected chi connectivity index (χ1v) is 6.06. The molecule has 2 aromatic rings. The highest BCUT2D eigenvalue weighted by molar-refractivity contribution is 6.30. The summed E-state index contributed by atoms with van der Waals surface area (Å²) < 4.78 is 5.50. The summed E-state index contributed by atoms with van der Waals surface area (Å²) in [5.41, 5.74) is 0.0133. The first-order chi connectivity index (χ1) is 9.47. The zero-order chi connectivity index (χ0) is 14.7. The number of benzene rings is 1. The number of anilines is 1. The molecule has 1 heterocycles. The summed E-state index contributed by atoms with van der Waals surface area (Å²) in [6, 6.07) is 5.85. The van der Waals surface area contributed by atoms with E-state index in [4.69, 9.17) is 21.4 Å². The molecule has 0 spiro atoms. The number of aromatic carboxylic acids is 1. The third kappa shape index (κ3) is 3.16. The van der Waals surface area contributed by atoms with Crippen molar-refractivity contribution in [1.82, 2.24) is 9.97 Å². The summed E-state index contributed by atoms with van der Waals surface area (Å²) in [6.07, 6.45) is 1.53. The van der Waals surface area contributed by atoms with Gasteiger partial charge in [0.15, 0.2) is 0 Å².